The lowest BCUT2D eigenvalue weighted by Gasteiger charge is -2.30. The maximum absolute atomic E-state index is 12.2. The highest BCUT2D eigenvalue weighted by atomic mass is 35.5. The average molecular weight is 311 g/mol. The van der Waals surface area contributed by atoms with Crippen LogP contribution in [0.3, 0.4) is 0 Å². The summed E-state index contributed by atoms with van der Waals surface area (Å²) in [6.45, 7) is 0. The molecule has 1 aromatic heterocycles. The summed E-state index contributed by atoms with van der Waals surface area (Å²) in [4.78, 5) is 27.1. The Morgan fingerprint density at radius 1 is 1.33 bits per heavy atom. The number of aliphatic carboxylic acids is 1. The number of carbonyl (C=O) groups is 2. The quantitative estimate of drug-likeness (QED) is 0.876. The molecule has 2 rings (SSSR count). The molecule has 1 amide bonds. The zero-order valence-electron chi connectivity index (χ0n) is 11.7. The lowest BCUT2D eigenvalue weighted by Crippen LogP contribution is -2.42. The molecule has 0 saturated heterocycles. The minimum atomic E-state index is -0.893. The maximum atomic E-state index is 12.2. The van der Waals surface area contributed by atoms with Crippen molar-refractivity contribution < 1.29 is 14.7 Å². The molecular formula is C15H19ClN2O3. The van der Waals surface area contributed by atoms with E-state index in [1.54, 1.807) is 0 Å². The number of amides is 1. The second kappa shape index (κ2) is 7.41. The first kappa shape index (κ1) is 15.8. The zero-order valence-corrected chi connectivity index (χ0v) is 12.5. The number of nitrogens with zero attached hydrogens (tertiary/aromatic N) is 1. The standard InChI is InChI=1S/C15H19ClN2O3/c16-12-6-11(8-17-9-12)15(21)18-13(7-14(19)20)10-4-2-1-3-5-10/h6,8-10,13H,1-5,7H2,(H,18,21)(H,19,20). The van der Waals surface area contributed by atoms with Crippen molar-refractivity contribution in [3.8, 4) is 0 Å². The number of halogens is 1. The van der Waals surface area contributed by atoms with E-state index in [4.69, 9.17) is 16.7 Å². The van der Waals surface area contributed by atoms with Gasteiger partial charge in [-0.05, 0) is 24.8 Å². The Bertz CT molecular complexity index is 515. The first-order valence-electron chi connectivity index (χ1n) is 7.19. The first-order valence-corrected chi connectivity index (χ1v) is 7.57. The third-order valence-electron chi connectivity index (χ3n) is 3.90. The summed E-state index contributed by atoms with van der Waals surface area (Å²) >= 11 is 5.82. The molecule has 114 valence electrons. The van der Waals surface area contributed by atoms with E-state index in [1.165, 1.54) is 24.9 Å². The van der Waals surface area contributed by atoms with Gasteiger partial charge in [0.2, 0.25) is 0 Å². The number of aromatic nitrogens is 1. The third-order valence-corrected chi connectivity index (χ3v) is 4.10. The molecule has 1 heterocycles. The number of rotatable bonds is 5. The smallest absolute Gasteiger partial charge is 0.305 e. The molecule has 2 N–H and O–H groups in total. The van der Waals surface area contributed by atoms with Gasteiger partial charge in [0.05, 0.1) is 17.0 Å². The number of carbonyl (C=O) groups excluding carboxylic acids is 1. The Balaban J connectivity index is 2.06. The van der Waals surface area contributed by atoms with Crippen molar-refractivity contribution in [1.82, 2.24) is 10.3 Å². The highest BCUT2D eigenvalue weighted by Gasteiger charge is 2.27. The zero-order chi connectivity index (χ0) is 15.2. The van der Waals surface area contributed by atoms with E-state index in [0.29, 0.717) is 10.6 Å². The lowest BCUT2D eigenvalue weighted by molar-refractivity contribution is -0.137. The number of hydrogen-bond acceptors (Lipinski definition) is 3. The van der Waals surface area contributed by atoms with E-state index in [-0.39, 0.29) is 24.3 Å². The van der Waals surface area contributed by atoms with E-state index < -0.39 is 5.97 Å². The van der Waals surface area contributed by atoms with Gasteiger partial charge in [-0.1, -0.05) is 30.9 Å². The summed E-state index contributed by atoms with van der Waals surface area (Å²) in [7, 11) is 0. The largest absolute Gasteiger partial charge is 0.481 e. The van der Waals surface area contributed by atoms with Gasteiger partial charge >= 0.3 is 5.97 Å². The maximum Gasteiger partial charge on any atom is 0.305 e. The van der Waals surface area contributed by atoms with Gasteiger partial charge in [0.1, 0.15) is 0 Å². The predicted molar refractivity (Wildman–Crippen MR) is 79.3 cm³/mol. The molecule has 1 unspecified atom stereocenters. The Morgan fingerprint density at radius 3 is 2.67 bits per heavy atom. The van der Waals surface area contributed by atoms with Gasteiger partial charge in [0, 0.05) is 18.4 Å². The Kier molecular flexibility index (Phi) is 5.56. The molecule has 1 aromatic rings. The van der Waals surface area contributed by atoms with E-state index in [1.807, 2.05) is 0 Å². The SMILES string of the molecule is O=C(O)CC(NC(=O)c1cncc(Cl)c1)C1CCCCC1. The van der Waals surface area contributed by atoms with Crippen LogP contribution in [-0.2, 0) is 4.79 Å². The number of nitrogens with one attached hydrogen (secondary N) is 1. The van der Waals surface area contributed by atoms with Crippen LogP contribution in [0.1, 0.15) is 48.9 Å². The molecule has 5 nitrogen and oxygen atoms in total. The number of hydrogen-bond donors (Lipinski definition) is 2. The molecule has 1 atom stereocenters. The van der Waals surface area contributed by atoms with Crippen molar-refractivity contribution in [2.24, 2.45) is 5.92 Å². The van der Waals surface area contributed by atoms with E-state index in [0.717, 1.165) is 25.7 Å². The molecule has 1 fully saturated rings. The van der Waals surface area contributed by atoms with Gasteiger partial charge in [-0.3, -0.25) is 14.6 Å². The van der Waals surface area contributed by atoms with Crippen molar-refractivity contribution in [3.05, 3.63) is 29.0 Å². The topological polar surface area (TPSA) is 79.3 Å². The van der Waals surface area contributed by atoms with E-state index >= 15 is 0 Å². The molecule has 0 radical (unpaired) electrons. The Morgan fingerprint density at radius 2 is 2.05 bits per heavy atom. The fourth-order valence-corrected chi connectivity index (χ4v) is 3.02. The number of carboxylic acid groups (broad SMARTS) is 1. The molecular weight excluding hydrogens is 292 g/mol. The summed E-state index contributed by atoms with van der Waals surface area (Å²) in [6, 6.07) is 1.19. The second-order valence-corrected chi connectivity index (χ2v) is 5.90. The molecule has 6 heteroatoms. The van der Waals surface area contributed by atoms with E-state index in [9.17, 15) is 9.59 Å². The fraction of sp³-hybridized carbons (Fsp3) is 0.533. The van der Waals surface area contributed by atoms with Crippen LogP contribution in [0.5, 0.6) is 0 Å². The van der Waals surface area contributed by atoms with Gasteiger partial charge in [0.25, 0.3) is 5.91 Å². The van der Waals surface area contributed by atoms with Gasteiger partial charge in [-0.2, -0.15) is 0 Å². The Hall–Kier alpha value is -1.62. The molecule has 1 aliphatic rings. The second-order valence-electron chi connectivity index (χ2n) is 5.47. The van der Waals surface area contributed by atoms with Crippen molar-refractivity contribution >= 4 is 23.5 Å². The van der Waals surface area contributed by atoms with Crippen LogP contribution in [0.4, 0.5) is 0 Å². The normalized spacial score (nSPS) is 17.2. The summed E-state index contributed by atoms with van der Waals surface area (Å²) in [6.07, 6.45) is 8.13. The fourth-order valence-electron chi connectivity index (χ4n) is 2.85. The van der Waals surface area contributed by atoms with Gasteiger partial charge in [0.15, 0.2) is 0 Å². The summed E-state index contributed by atoms with van der Waals surface area (Å²) in [5.41, 5.74) is 0.355. The predicted octanol–water partition coefficient (Wildman–Crippen LogP) is 2.89. The highest BCUT2D eigenvalue weighted by molar-refractivity contribution is 6.30. The summed E-state index contributed by atoms with van der Waals surface area (Å²) < 4.78 is 0. The minimum absolute atomic E-state index is 0.0512. The van der Waals surface area contributed by atoms with Crippen molar-refractivity contribution in [2.45, 2.75) is 44.6 Å². The van der Waals surface area contributed by atoms with Crippen LogP contribution < -0.4 is 5.32 Å². The van der Waals surface area contributed by atoms with Crippen LogP contribution >= 0.6 is 11.6 Å². The lowest BCUT2D eigenvalue weighted by atomic mass is 9.82. The molecule has 21 heavy (non-hydrogen) atoms. The number of pyridine rings is 1. The highest BCUT2D eigenvalue weighted by Crippen LogP contribution is 2.28. The van der Waals surface area contributed by atoms with Crippen molar-refractivity contribution in [1.29, 1.82) is 0 Å². The number of carboxylic acids is 1. The molecule has 0 aromatic carbocycles. The van der Waals surface area contributed by atoms with Crippen LogP contribution in [0.2, 0.25) is 5.02 Å². The Labute approximate surface area is 128 Å². The summed E-state index contributed by atoms with van der Waals surface area (Å²) in [5, 5.41) is 12.3. The summed E-state index contributed by atoms with van der Waals surface area (Å²) in [5.74, 6) is -0.983. The molecule has 0 spiro atoms. The minimum Gasteiger partial charge on any atom is -0.481 e. The monoisotopic (exact) mass is 310 g/mol. The molecule has 0 bridgehead atoms. The van der Waals surface area contributed by atoms with Gasteiger partial charge in [-0.25, -0.2) is 0 Å². The van der Waals surface area contributed by atoms with Gasteiger partial charge in [-0.15, -0.1) is 0 Å². The van der Waals surface area contributed by atoms with Gasteiger partial charge < -0.3 is 10.4 Å². The molecule has 0 aliphatic heterocycles. The van der Waals surface area contributed by atoms with Crippen molar-refractivity contribution in [2.75, 3.05) is 0 Å². The third kappa shape index (κ3) is 4.70. The van der Waals surface area contributed by atoms with Crippen LogP contribution in [0.25, 0.3) is 0 Å². The molecule has 1 saturated carbocycles. The van der Waals surface area contributed by atoms with Crippen LogP contribution in [0.15, 0.2) is 18.5 Å². The van der Waals surface area contributed by atoms with Crippen LogP contribution in [-0.4, -0.2) is 28.0 Å². The molecule has 1 aliphatic carbocycles. The first-order chi connectivity index (χ1) is 10.1. The van der Waals surface area contributed by atoms with E-state index in [2.05, 4.69) is 10.3 Å². The van der Waals surface area contributed by atoms with Crippen LogP contribution in [0, 0.1) is 5.92 Å². The van der Waals surface area contributed by atoms with Crippen molar-refractivity contribution in [3.63, 3.8) is 0 Å². The average Bonchev–Trinajstić information content (AvgIpc) is 2.47.